The summed E-state index contributed by atoms with van der Waals surface area (Å²) >= 11 is 0. The van der Waals surface area contributed by atoms with Crippen LogP contribution in [0.15, 0.2) is 4.99 Å². The van der Waals surface area contributed by atoms with Crippen molar-refractivity contribution in [2.75, 3.05) is 19.6 Å². The zero-order chi connectivity index (χ0) is 26.0. The van der Waals surface area contributed by atoms with E-state index in [2.05, 4.69) is 15.6 Å². The molecule has 4 unspecified atom stereocenters. The number of β-amino-alcohol motifs (C(OH)–C–C–N with tert-alkyl or cyclic N) is 1. The monoisotopic (exact) mass is 480 g/mol. The number of urea groups is 1. The van der Waals surface area contributed by atoms with E-state index in [-0.39, 0.29) is 5.96 Å². The summed E-state index contributed by atoms with van der Waals surface area (Å²) in [6, 6.07) is -2.84. The molecule has 16 heteroatoms. The van der Waals surface area contributed by atoms with E-state index < -0.39 is 48.2 Å². The van der Waals surface area contributed by atoms with Crippen LogP contribution in [0.5, 0.6) is 0 Å². The number of hydrogen-bond donors (Lipinski definition) is 11. The number of aliphatic imine (C=N–C) groups is 1. The summed E-state index contributed by atoms with van der Waals surface area (Å²) < 4.78 is 0. The first-order valence-corrected chi connectivity index (χ1v) is 9.97. The van der Waals surface area contributed by atoms with Gasteiger partial charge in [0.15, 0.2) is 5.96 Å². The summed E-state index contributed by atoms with van der Waals surface area (Å²) in [5.74, 6) is -2.90. The predicted molar refractivity (Wildman–Crippen MR) is 118 cm³/mol. The second-order valence-electron chi connectivity index (χ2n) is 6.96. The molecule has 0 radical (unpaired) electrons. The standard InChI is InChI=1S/C6H14N4O2.C6H13N3O3.C5H9NO3/c7-4(5(11)12)2-1-3-10-6(8)9;7-4(5(10)11)2-1-3-9-6(8)12;7-3-1-4(5(8)9)6-2-3/h4H,1-3,7H2,(H,11,12)(H4,8,9,10);4H,1-3,7H2,(H,10,11)(H3,8,9,12);3-4,6-7H,1-2H2,(H,8,9). The molecule has 16 nitrogen and oxygen atoms in total. The summed E-state index contributed by atoms with van der Waals surface area (Å²) in [5.41, 5.74) is 25.3. The Labute approximate surface area is 190 Å². The van der Waals surface area contributed by atoms with Crippen LogP contribution < -0.4 is 39.3 Å². The number of guanidine groups is 1. The molecule has 4 atom stereocenters. The minimum Gasteiger partial charge on any atom is -0.480 e. The fourth-order valence-electron chi connectivity index (χ4n) is 2.21. The van der Waals surface area contributed by atoms with Crippen LogP contribution in [0, 0.1) is 0 Å². The number of primary amides is 1. The first-order chi connectivity index (χ1) is 15.3. The van der Waals surface area contributed by atoms with Crippen LogP contribution in [0.25, 0.3) is 0 Å². The lowest BCUT2D eigenvalue weighted by Gasteiger charge is -2.05. The van der Waals surface area contributed by atoms with Crippen molar-refractivity contribution < 1.29 is 39.6 Å². The van der Waals surface area contributed by atoms with E-state index in [1.165, 1.54) is 0 Å². The number of carboxylic acids is 3. The van der Waals surface area contributed by atoms with Crippen molar-refractivity contribution in [3.63, 3.8) is 0 Å². The maximum absolute atomic E-state index is 10.2. The Hall–Kier alpha value is -3.21. The Balaban J connectivity index is 0. The Morgan fingerprint density at radius 1 is 0.970 bits per heavy atom. The summed E-state index contributed by atoms with van der Waals surface area (Å²) in [4.78, 5) is 44.4. The van der Waals surface area contributed by atoms with Crippen LogP contribution in [0.4, 0.5) is 4.79 Å². The molecule has 0 aromatic heterocycles. The van der Waals surface area contributed by atoms with Crippen molar-refractivity contribution in [1.82, 2.24) is 10.6 Å². The number of carbonyl (C=O) groups excluding carboxylic acids is 1. The molecular formula is C17H36N8O8. The van der Waals surface area contributed by atoms with Gasteiger partial charge in [-0.15, -0.1) is 0 Å². The lowest BCUT2D eigenvalue weighted by Crippen LogP contribution is -2.33. The number of nitrogens with two attached hydrogens (primary N) is 5. The maximum atomic E-state index is 10.2. The molecule has 192 valence electrons. The number of carboxylic acid groups (broad SMARTS) is 3. The quantitative estimate of drug-likeness (QED) is 0.0765. The molecule has 2 amide bonds. The molecule has 1 saturated heterocycles. The molecule has 1 rings (SSSR count). The third-order valence-electron chi connectivity index (χ3n) is 4.00. The van der Waals surface area contributed by atoms with Crippen LogP contribution in [0.1, 0.15) is 32.1 Å². The molecule has 0 aromatic carbocycles. The number of aliphatic hydroxyl groups excluding tert-OH is 1. The van der Waals surface area contributed by atoms with E-state index in [1.807, 2.05) is 0 Å². The van der Waals surface area contributed by atoms with Crippen LogP contribution in [-0.4, -0.2) is 94.2 Å². The van der Waals surface area contributed by atoms with Crippen molar-refractivity contribution in [3.8, 4) is 0 Å². The highest BCUT2D eigenvalue weighted by atomic mass is 16.4. The van der Waals surface area contributed by atoms with E-state index in [9.17, 15) is 19.2 Å². The van der Waals surface area contributed by atoms with Gasteiger partial charge in [0.1, 0.15) is 18.1 Å². The molecule has 0 saturated carbocycles. The molecule has 1 heterocycles. The van der Waals surface area contributed by atoms with Crippen molar-refractivity contribution in [2.24, 2.45) is 33.7 Å². The van der Waals surface area contributed by atoms with Gasteiger partial charge < -0.3 is 59.7 Å². The van der Waals surface area contributed by atoms with Crippen LogP contribution in [0.3, 0.4) is 0 Å². The largest absolute Gasteiger partial charge is 0.480 e. The molecule has 0 aliphatic carbocycles. The first kappa shape index (κ1) is 32.0. The highest BCUT2D eigenvalue weighted by molar-refractivity contribution is 5.75. The lowest BCUT2D eigenvalue weighted by molar-refractivity contribution is -0.140. The summed E-state index contributed by atoms with van der Waals surface area (Å²) in [7, 11) is 0. The van der Waals surface area contributed by atoms with Gasteiger partial charge >= 0.3 is 23.9 Å². The zero-order valence-corrected chi connectivity index (χ0v) is 18.2. The Morgan fingerprint density at radius 2 is 1.48 bits per heavy atom. The van der Waals surface area contributed by atoms with E-state index in [4.69, 9.17) is 49.1 Å². The van der Waals surface area contributed by atoms with Gasteiger partial charge in [0.25, 0.3) is 0 Å². The van der Waals surface area contributed by atoms with E-state index in [0.29, 0.717) is 51.7 Å². The van der Waals surface area contributed by atoms with E-state index in [1.54, 1.807) is 0 Å². The topological polar surface area (TPSA) is 316 Å². The van der Waals surface area contributed by atoms with Crippen molar-refractivity contribution in [2.45, 2.75) is 56.3 Å². The maximum Gasteiger partial charge on any atom is 0.320 e. The number of amides is 2. The molecular weight excluding hydrogens is 444 g/mol. The van der Waals surface area contributed by atoms with Gasteiger partial charge in [0, 0.05) is 26.1 Å². The molecule has 1 aliphatic rings. The van der Waals surface area contributed by atoms with Gasteiger partial charge in [0.05, 0.1) is 6.10 Å². The second-order valence-corrected chi connectivity index (χ2v) is 6.96. The Bertz CT molecular complexity index is 645. The molecule has 16 N–H and O–H groups in total. The number of aliphatic carboxylic acids is 3. The molecule has 1 aliphatic heterocycles. The van der Waals surface area contributed by atoms with Crippen LogP contribution in [0.2, 0.25) is 0 Å². The summed E-state index contributed by atoms with van der Waals surface area (Å²) in [6.07, 6.45) is 1.64. The highest BCUT2D eigenvalue weighted by Gasteiger charge is 2.27. The summed E-state index contributed by atoms with van der Waals surface area (Å²) in [5, 5.41) is 38.9. The average Bonchev–Trinajstić information content (AvgIpc) is 3.15. The fourth-order valence-corrected chi connectivity index (χ4v) is 2.21. The number of aliphatic hydroxyl groups is 1. The van der Waals surface area contributed by atoms with Crippen LogP contribution >= 0.6 is 0 Å². The lowest BCUT2D eigenvalue weighted by atomic mass is 10.2. The van der Waals surface area contributed by atoms with Gasteiger partial charge in [0.2, 0.25) is 0 Å². The van der Waals surface area contributed by atoms with Gasteiger partial charge in [-0.1, -0.05) is 0 Å². The van der Waals surface area contributed by atoms with Crippen molar-refractivity contribution >= 4 is 29.9 Å². The van der Waals surface area contributed by atoms with Gasteiger partial charge in [-0.2, -0.15) is 0 Å². The molecule has 33 heavy (non-hydrogen) atoms. The second kappa shape index (κ2) is 18.4. The predicted octanol–water partition coefficient (Wildman–Crippen LogP) is -3.91. The van der Waals surface area contributed by atoms with Gasteiger partial charge in [-0.3, -0.25) is 19.4 Å². The van der Waals surface area contributed by atoms with E-state index in [0.717, 1.165) is 0 Å². The van der Waals surface area contributed by atoms with Crippen molar-refractivity contribution in [1.29, 1.82) is 0 Å². The minimum absolute atomic E-state index is 0.0129. The molecule has 0 aromatic rings. The van der Waals surface area contributed by atoms with Crippen LogP contribution in [-0.2, 0) is 14.4 Å². The average molecular weight is 481 g/mol. The Kier molecular flexibility index (Phi) is 17.8. The number of carbonyl (C=O) groups is 4. The third-order valence-corrected chi connectivity index (χ3v) is 4.00. The number of hydrogen-bond acceptors (Lipinski definition) is 9. The zero-order valence-electron chi connectivity index (χ0n) is 18.2. The highest BCUT2D eigenvalue weighted by Crippen LogP contribution is 2.05. The third kappa shape index (κ3) is 20.4. The van der Waals surface area contributed by atoms with Crippen molar-refractivity contribution in [3.05, 3.63) is 0 Å². The number of rotatable bonds is 11. The molecule has 1 fully saturated rings. The summed E-state index contributed by atoms with van der Waals surface area (Å²) in [6.45, 7) is 1.18. The first-order valence-electron chi connectivity index (χ1n) is 9.97. The molecule has 0 spiro atoms. The SMILES string of the molecule is NC(=O)NCCCC(N)C(=O)O.NC(N)=NCCCC(N)C(=O)O.O=C(O)C1CC(O)CN1. The van der Waals surface area contributed by atoms with Gasteiger partial charge in [-0.25, -0.2) is 4.79 Å². The number of nitrogens with zero attached hydrogens (tertiary/aromatic N) is 1. The Morgan fingerprint density at radius 3 is 1.82 bits per heavy atom. The smallest absolute Gasteiger partial charge is 0.320 e. The van der Waals surface area contributed by atoms with E-state index >= 15 is 0 Å². The normalized spacial score (nSPS) is 18.3. The minimum atomic E-state index is -1.03. The number of nitrogens with one attached hydrogen (secondary N) is 2. The fraction of sp³-hybridized carbons (Fsp3) is 0.706. The molecule has 0 bridgehead atoms. The van der Waals surface area contributed by atoms with Gasteiger partial charge in [-0.05, 0) is 25.7 Å².